The average molecular weight is 655 g/mol. The molecular formula is C38H42N2O8. The van der Waals surface area contributed by atoms with Crippen molar-refractivity contribution in [3.05, 3.63) is 107 Å². The topological polar surface area (TPSA) is 97.0 Å². The molecule has 252 valence electrons. The number of nitrogens with zero attached hydrogens (tertiary/aromatic N) is 1. The smallest absolute Gasteiger partial charge is 0.338 e. The molecular weight excluding hydrogens is 612 g/mol. The second-order valence-corrected chi connectivity index (χ2v) is 10.9. The Labute approximate surface area is 281 Å². The third-order valence-corrected chi connectivity index (χ3v) is 8.30. The van der Waals surface area contributed by atoms with Crippen LogP contribution in [0, 0.1) is 0 Å². The molecule has 0 radical (unpaired) electrons. The monoisotopic (exact) mass is 654 g/mol. The normalized spacial score (nSPS) is 15.8. The maximum Gasteiger partial charge on any atom is 0.338 e. The lowest BCUT2D eigenvalue weighted by molar-refractivity contribution is -0.139. The fraction of sp³-hybridized carbons (Fsp3) is 0.289. The fourth-order valence-corrected chi connectivity index (χ4v) is 6.23. The second kappa shape index (κ2) is 15.4. The van der Waals surface area contributed by atoms with Gasteiger partial charge in [0.1, 0.15) is 0 Å². The van der Waals surface area contributed by atoms with E-state index in [1.165, 1.54) is 0 Å². The van der Waals surface area contributed by atoms with Crippen molar-refractivity contribution < 1.29 is 38.0 Å². The van der Waals surface area contributed by atoms with Gasteiger partial charge in [-0.3, -0.25) is 0 Å². The highest BCUT2D eigenvalue weighted by atomic mass is 16.5. The highest BCUT2D eigenvalue weighted by Crippen LogP contribution is 2.52. The Morgan fingerprint density at radius 2 is 1.17 bits per heavy atom. The molecule has 0 spiro atoms. The van der Waals surface area contributed by atoms with Crippen LogP contribution in [-0.4, -0.2) is 55.2 Å². The molecule has 0 amide bonds. The van der Waals surface area contributed by atoms with Gasteiger partial charge < -0.3 is 43.4 Å². The molecule has 10 nitrogen and oxygen atoms in total. The lowest BCUT2D eigenvalue weighted by atomic mass is 9.83. The summed E-state index contributed by atoms with van der Waals surface area (Å²) in [5, 5.41) is 3.58. The maximum atomic E-state index is 14.2. The van der Waals surface area contributed by atoms with E-state index in [-0.39, 0.29) is 12.6 Å². The molecule has 2 atom stereocenters. The molecule has 1 N–H and O–H groups in total. The summed E-state index contributed by atoms with van der Waals surface area (Å²) >= 11 is 0. The summed E-state index contributed by atoms with van der Waals surface area (Å²) in [5.41, 5.74) is 4.44. The third-order valence-electron chi connectivity index (χ3n) is 8.30. The van der Waals surface area contributed by atoms with Crippen molar-refractivity contribution in [3.8, 4) is 34.5 Å². The zero-order valence-corrected chi connectivity index (χ0v) is 28.4. The molecule has 48 heavy (non-hydrogen) atoms. The molecule has 0 saturated heterocycles. The van der Waals surface area contributed by atoms with Crippen LogP contribution in [0.3, 0.4) is 0 Å². The highest BCUT2D eigenvalue weighted by molar-refractivity contribution is 5.93. The van der Waals surface area contributed by atoms with Crippen molar-refractivity contribution in [2.75, 3.05) is 59.5 Å². The molecule has 0 unspecified atom stereocenters. The number of rotatable bonds is 13. The van der Waals surface area contributed by atoms with Gasteiger partial charge in [0.05, 0.1) is 66.9 Å². The highest BCUT2D eigenvalue weighted by Gasteiger charge is 2.43. The summed E-state index contributed by atoms with van der Waals surface area (Å²) in [6.07, 6.45) is 0.400. The Hall–Kier alpha value is -5.51. The maximum absolute atomic E-state index is 14.2. The van der Waals surface area contributed by atoms with Gasteiger partial charge in [0.15, 0.2) is 23.0 Å². The van der Waals surface area contributed by atoms with Crippen molar-refractivity contribution in [1.82, 2.24) is 0 Å². The zero-order chi connectivity index (χ0) is 34.2. The average Bonchev–Trinajstić information content (AvgIpc) is 3.13. The van der Waals surface area contributed by atoms with Crippen LogP contribution in [0.4, 0.5) is 11.4 Å². The van der Waals surface area contributed by atoms with E-state index in [9.17, 15) is 4.79 Å². The standard InChI is InChI=1S/C38H42N2O8/c1-8-48-38(41)34-28(39-26-15-11-9-12-16-26)23-29(24-19-30(42-2)36(46-6)31(20-24)43-3)40(27-17-13-10-14-18-27)35(34)25-21-32(44-4)37(47-7)33(22-25)45-5/h9-22,29,35,39H,8,23H2,1-7H3/t29-,35+/m0/s1. The van der Waals surface area contributed by atoms with Crippen molar-refractivity contribution in [2.24, 2.45) is 0 Å². The second-order valence-electron chi connectivity index (χ2n) is 10.9. The Kier molecular flexibility index (Phi) is 10.8. The number of benzene rings is 4. The molecule has 5 rings (SSSR count). The number of anilines is 2. The lowest BCUT2D eigenvalue weighted by Gasteiger charge is -2.46. The van der Waals surface area contributed by atoms with E-state index in [1.807, 2.05) is 84.9 Å². The Balaban J connectivity index is 1.88. The first-order valence-electron chi connectivity index (χ1n) is 15.6. The minimum atomic E-state index is -0.691. The van der Waals surface area contributed by atoms with Crippen LogP contribution in [0.2, 0.25) is 0 Å². The van der Waals surface area contributed by atoms with Crippen LogP contribution in [-0.2, 0) is 9.53 Å². The van der Waals surface area contributed by atoms with Gasteiger partial charge in [-0.05, 0) is 66.6 Å². The number of carbonyl (C=O) groups is 1. The van der Waals surface area contributed by atoms with E-state index in [0.29, 0.717) is 52.2 Å². The van der Waals surface area contributed by atoms with Crippen LogP contribution < -0.4 is 38.6 Å². The predicted molar refractivity (Wildman–Crippen MR) is 185 cm³/mol. The lowest BCUT2D eigenvalue weighted by Crippen LogP contribution is -2.41. The van der Waals surface area contributed by atoms with Crippen LogP contribution >= 0.6 is 0 Å². The van der Waals surface area contributed by atoms with Gasteiger partial charge in [-0.2, -0.15) is 0 Å². The molecule has 0 bridgehead atoms. The van der Waals surface area contributed by atoms with E-state index in [2.05, 4.69) is 10.2 Å². The van der Waals surface area contributed by atoms with E-state index in [4.69, 9.17) is 33.2 Å². The van der Waals surface area contributed by atoms with Gasteiger partial charge >= 0.3 is 5.97 Å². The molecule has 0 aromatic heterocycles. The molecule has 0 fully saturated rings. The number of nitrogens with one attached hydrogen (secondary N) is 1. The fourth-order valence-electron chi connectivity index (χ4n) is 6.23. The molecule has 0 saturated carbocycles. The predicted octanol–water partition coefficient (Wildman–Crippen LogP) is 7.36. The minimum Gasteiger partial charge on any atom is -0.493 e. The molecule has 1 heterocycles. The molecule has 0 aliphatic carbocycles. The number of ether oxygens (including phenoxy) is 7. The quantitative estimate of drug-likeness (QED) is 0.147. The van der Waals surface area contributed by atoms with Crippen LogP contribution in [0.25, 0.3) is 0 Å². The zero-order valence-electron chi connectivity index (χ0n) is 28.4. The van der Waals surface area contributed by atoms with Crippen molar-refractivity contribution in [3.63, 3.8) is 0 Å². The summed E-state index contributed by atoms with van der Waals surface area (Å²) in [6.45, 7) is 2.00. The first-order chi connectivity index (χ1) is 23.4. The van der Waals surface area contributed by atoms with Gasteiger partial charge in [0, 0.05) is 23.5 Å². The number of hydrogen-bond acceptors (Lipinski definition) is 10. The van der Waals surface area contributed by atoms with Gasteiger partial charge in [-0.15, -0.1) is 0 Å². The SMILES string of the molecule is CCOC(=O)C1=C(Nc2ccccc2)C[C@@H](c2cc(OC)c(OC)c(OC)c2)N(c2ccccc2)[C@@H]1c1cc(OC)c(OC)c(OC)c1. The summed E-state index contributed by atoms with van der Waals surface area (Å²) in [7, 11) is 9.46. The Morgan fingerprint density at radius 1 is 0.688 bits per heavy atom. The van der Waals surface area contributed by atoms with Crippen molar-refractivity contribution in [2.45, 2.75) is 25.4 Å². The van der Waals surface area contributed by atoms with E-state index in [0.717, 1.165) is 22.5 Å². The van der Waals surface area contributed by atoms with Gasteiger partial charge in [0.25, 0.3) is 0 Å². The first kappa shape index (κ1) is 33.8. The van der Waals surface area contributed by atoms with Crippen LogP contribution in [0.5, 0.6) is 34.5 Å². The number of hydrogen-bond donors (Lipinski definition) is 1. The molecule has 1 aliphatic rings. The molecule has 4 aromatic carbocycles. The Bertz CT molecular complexity index is 1690. The summed E-state index contributed by atoms with van der Waals surface area (Å²) in [6, 6.07) is 26.3. The molecule has 4 aromatic rings. The third kappa shape index (κ3) is 6.64. The van der Waals surface area contributed by atoms with Gasteiger partial charge in [-0.25, -0.2) is 4.79 Å². The van der Waals surface area contributed by atoms with E-state index in [1.54, 1.807) is 49.6 Å². The van der Waals surface area contributed by atoms with Crippen LogP contribution in [0.1, 0.15) is 36.6 Å². The summed E-state index contributed by atoms with van der Waals surface area (Å²) < 4.78 is 40.3. The largest absolute Gasteiger partial charge is 0.493 e. The number of carbonyl (C=O) groups excluding carboxylic acids is 1. The van der Waals surface area contributed by atoms with E-state index >= 15 is 0 Å². The van der Waals surface area contributed by atoms with Crippen molar-refractivity contribution in [1.29, 1.82) is 0 Å². The number of methoxy groups -OCH3 is 6. The number of esters is 1. The van der Waals surface area contributed by atoms with E-state index < -0.39 is 12.0 Å². The summed E-state index contributed by atoms with van der Waals surface area (Å²) in [4.78, 5) is 16.4. The molecule has 1 aliphatic heterocycles. The first-order valence-corrected chi connectivity index (χ1v) is 15.6. The minimum absolute atomic E-state index is 0.199. The number of para-hydroxylation sites is 2. The van der Waals surface area contributed by atoms with Gasteiger partial charge in [-0.1, -0.05) is 36.4 Å². The van der Waals surface area contributed by atoms with Crippen LogP contribution in [0.15, 0.2) is 96.2 Å². The van der Waals surface area contributed by atoms with Gasteiger partial charge in [0.2, 0.25) is 11.5 Å². The Morgan fingerprint density at radius 3 is 1.62 bits per heavy atom. The molecule has 10 heteroatoms. The van der Waals surface area contributed by atoms with Crippen molar-refractivity contribution >= 4 is 17.3 Å². The summed E-state index contributed by atoms with van der Waals surface area (Å²) in [5.74, 6) is 2.42.